The molecule has 94 valence electrons. The maximum atomic E-state index is 5.33. The second-order valence-corrected chi connectivity index (χ2v) is 6.15. The summed E-state index contributed by atoms with van der Waals surface area (Å²) in [6.45, 7) is 9.53. The molecule has 17 heavy (non-hydrogen) atoms. The third kappa shape index (κ3) is 4.49. The van der Waals surface area contributed by atoms with Crippen molar-refractivity contribution < 1.29 is 0 Å². The van der Waals surface area contributed by atoms with Crippen molar-refractivity contribution in [3.05, 3.63) is 16.1 Å². The molecule has 1 aromatic rings. The molecule has 3 heteroatoms. The number of thiazole rings is 1. The number of rotatable bonds is 5. The molecule has 0 fully saturated rings. The molecule has 0 saturated heterocycles. The fourth-order valence-corrected chi connectivity index (χ4v) is 2.39. The van der Waals surface area contributed by atoms with Crippen molar-refractivity contribution in [3.8, 4) is 12.3 Å². The van der Waals surface area contributed by atoms with Crippen LogP contribution in [0.15, 0.2) is 5.38 Å². The number of hydrogen-bond donors (Lipinski definition) is 1. The Morgan fingerprint density at radius 2 is 2.24 bits per heavy atom. The predicted molar refractivity (Wildman–Crippen MR) is 75.2 cm³/mol. The monoisotopic (exact) mass is 250 g/mol. The molecular weight excluding hydrogens is 228 g/mol. The van der Waals surface area contributed by atoms with E-state index in [1.165, 1.54) is 5.01 Å². The normalized spacial score (nSPS) is 13.4. The van der Waals surface area contributed by atoms with E-state index >= 15 is 0 Å². The van der Waals surface area contributed by atoms with Gasteiger partial charge in [0.15, 0.2) is 0 Å². The minimum atomic E-state index is 0.145. The van der Waals surface area contributed by atoms with Gasteiger partial charge in [0, 0.05) is 29.8 Å². The van der Waals surface area contributed by atoms with Gasteiger partial charge in [-0.25, -0.2) is 4.98 Å². The van der Waals surface area contributed by atoms with E-state index in [0.717, 1.165) is 25.1 Å². The highest BCUT2D eigenvalue weighted by atomic mass is 32.1. The number of nitrogens with zero attached hydrogens (tertiary/aromatic N) is 1. The molecule has 1 N–H and O–H groups in total. The summed E-state index contributed by atoms with van der Waals surface area (Å²) in [5.41, 5.74) is 1.27. The molecule has 0 aliphatic heterocycles. The van der Waals surface area contributed by atoms with E-state index in [2.05, 4.69) is 49.3 Å². The molecule has 1 unspecified atom stereocenters. The lowest BCUT2D eigenvalue weighted by Gasteiger charge is -2.14. The van der Waals surface area contributed by atoms with Crippen molar-refractivity contribution in [3.63, 3.8) is 0 Å². The molecule has 0 saturated carbocycles. The summed E-state index contributed by atoms with van der Waals surface area (Å²) in [5, 5.41) is 6.78. The number of nitrogens with one attached hydrogen (secondary N) is 1. The van der Waals surface area contributed by atoms with E-state index in [9.17, 15) is 0 Å². The van der Waals surface area contributed by atoms with Crippen molar-refractivity contribution >= 4 is 11.3 Å². The van der Waals surface area contributed by atoms with Gasteiger partial charge in [0.05, 0.1) is 10.7 Å². The van der Waals surface area contributed by atoms with Crippen LogP contribution in [-0.2, 0) is 12.0 Å². The maximum absolute atomic E-state index is 5.33. The van der Waals surface area contributed by atoms with Crippen LogP contribution in [0.5, 0.6) is 0 Å². The Labute approximate surface area is 109 Å². The lowest BCUT2D eigenvalue weighted by Crippen LogP contribution is -2.27. The smallest absolute Gasteiger partial charge is 0.0982 e. The van der Waals surface area contributed by atoms with Gasteiger partial charge < -0.3 is 5.32 Å². The summed E-state index contributed by atoms with van der Waals surface area (Å²) in [4.78, 5) is 4.65. The third-order valence-corrected chi connectivity index (χ3v) is 3.94. The Balaban J connectivity index is 2.53. The second kappa shape index (κ2) is 6.18. The minimum Gasteiger partial charge on any atom is -0.307 e. The molecule has 0 aliphatic carbocycles. The number of aromatic nitrogens is 1. The van der Waals surface area contributed by atoms with E-state index in [-0.39, 0.29) is 5.41 Å². The van der Waals surface area contributed by atoms with Crippen LogP contribution in [0.4, 0.5) is 0 Å². The first-order valence-electron chi connectivity index (χ1n) is 6.09. The molecule has 1 atom stereocenters. The van der Waals surface area contributed by atoms with Gasteiger partial charge in [0.25, 0.3) is 0 Å². The summed E-state index contributed by atoms with van der Waals surface area (Å²) in [6, 6.07) is 0.403. The average molecular weight is 250 g/mol. The summed E-state index contributed by atoms with van der Waals surface area (Å²) >= 11 is 1.74. The fraction of sp³-hybridized carbons (Fsp3) is 0.643. The van der Waals surface area contributed by atoms with Crippen LogP contribution in [0.2, 0.25) is 0 Å². The molecule has 2 nitrogen and oxygen atoms in total. The molecule has 0 amide bonds. The molecule has 1 heterocycles. The first-order valence-corrected chi connectivity index (χ1v) is 6.97. The average Bonchev–Trinajstić information content (AvgIpc) is 2.72. The van der Waals surface area contributed by atoms with E-state index < -0.39 is 0 Å². The molecule has 0 radical (unpaired) electrons. The van der Waals surface area contributed by atoms with Gasteiger partial charge in [-0.05, 0) is 6.42 Å². The van der Waals surface area contributed by atoms with Crippen LogP contribution in [0.25, 0.3) is 0 Å². The van der Waals surface area contributed by atoms with Crippen molar-refractivity contribution in [2.75, 3.05) is 0 Å². The standard InChI is InChI=1S/C14H22N2S/c1-6-8-11(7-2)15-9-12-10-17-13(16-12)14(3,4)5/h1,10-11,15H,7-9H2,2-5H3. The first kappa shape index (κ1) is 14.2. The van der Waals surface area contributed by atoms with Crippen LogP contribution >= 0.6 is 11.3 Å². The summed E-state index contributed by atoms with van der Waals surface area (Å²) in [7, 11) is 0. The van der Waals surface area contributed by atoms with Gasteiger partial charge in [-0.3, -0.25) is 0 Å². The zero-order valence-corrected chi connectivity index (χ0v) is 12.0. The second-order valence-electron chi connectivity index (χ2n) is 5.29. The van der Waals surface area contributed by atoms with Crippen LogP contribution < -0.4 is 5.32 Å². The maximum Gasteiger partial charge on any atom is 0.0982 e. The highest BCUT2D eigenvalue weighted by Crippen LogP contribution is 2.25. The Kier molecular flexibility index (Phi) is 5.17. The predicted octanol–water partition coefficient (Wildman–Crippen LogP) is 3.33. The van der Waals surface area contributed by atoms with E-state index in [1.807, 2.05) is 0 Å². The third-order valence-electron chi connectivity index (χ3n) is 2.62. The van der Waals surface area contributed by atoms with Gasteiger partial charge in [-0.1, -0.05) is 27.7 Å². The van der Waals surface area contributed by atoms with E-state index in [1.54, 1.807) is 11.3 Å². The van der Waals surface area contributed by atoms with Crippen molar-refractivity contribution in [1.29, 1.82) is 0 Å². The van der Waals surface area contributed by atoms with Gasteiger partial charge in [0.2, 0.25) is 0 Å². The van der Waals surface area contributed by atoms with Crippen LogP contribution in [0.1, 0.15) is 51.2 Å². The highest BCUT2D eigenvalue weighted by Gasteiger charge is 2.18. The van der Waals surface area contributed by atoms with Crippen LogP contribution in [0.3, 0.4) is 0 Å². The fourth-order valence-electron chi connectivity index (χ4n) is 1.48. The Morgan fingerprint density at radius 1 is 1.53 bits per heavy atom. The Hall–Kier alpha value is -0.850. The molecule has 0 bridgehead atoms. The molecule has 1 rings (SSSR count). The van der Waals surface area contributed by atoms with Gasteiger partial charge in [0.1, 0.15) is 0 Å². The molecule has 1 aromatic heterocycles. The van der Waals surface area contributed by atoms with Gasteiger partial charge in [-0.15, -0.1) is 23.7 Å². The molecule has 0 aliphatic rings. The number of terminal acetylenes is 1. The largest absolute Gasteiger partial charge is 0.307 e. The van der Waals surface area contributed by atoms with Crippen molar-refractivity contribution in [1.82, 2.24) is 10.3 Å². The highest BCUT2D eigenvalue weighted by molar-refractivity contribution is 7.09. The van der Waals surface area contributed by atoms with Crippen LogP contribution in [0, 0.1) is 12.3 Å². The summed E-state index contributed by atoms with van der Waals surface area (Å²) in [5.74, 6) is 2.70. The lowest BCUT2D eigenvalue weighted by molar-refractivity contribution is 0.501. The Bertz CT molecular complexity index is 382. The van der Waals surface area contributed by atoms with Crippen molar-refractivity contribution in [2.45, 2.75) is 58.5 Å². The molecule has 0 aromatic carbocycles. The zero-order chi connectivity index (χ0) is 12.9. The van der Waals surface area contributed by atoms with Gasteiger partial charge in [-0.2, -0.15) is 0 Å². The summed E-state index contributed by atoms with van der Waals surface area (Å²) in [6.07, 6.45) is 7.17. The van der Waals surface area contributed by atoms with Crippen LogP contribution in [-0.4, -0.2) is 11.0 Å². The minimum absolute atomic E-state index is 0.145. The first-order chi connectivity index (χ1) is 7.97. The van der Waals surface area contributed by atoms with Crippen molar-refractivity contribution in [2.24, 2.45) is 0 Å². The Morgan fingerprint density at radius 3 is 2.71 bits per heavy atom. The number of hydrogen-bond acceptors (Lipinski definition) is 3. The zero-order valence-electron chi connectivity index (χ0n) is 11.2. The quantitative estimate of drug-likeness (QED) is 0.811. The SMILES string of the molecule is C#CCC(CC)NCc1csc(C(C)(C)C)n1. The van der Waals surface area contributed by atoms with Gasteiger partial charge >= 0.3 is 0 Å². The molecule has 0 spiro atoms. The van der Waals surface area contributed by atoms with E-state index in [0.29, 0.717) is 6.04 Å². The van der Waals surface area contributed by atoms with E-state index in [4.69, 9.17) is 6.42 Å². The topological polar surface area (TPSA) is 24.9 Å². The molecular formula is C14H22N2S. The summed E-state index contributed by atoms with van der Waals surface area (Å²) < 4.78 is 0. The lowest BCUT2D eigenvalue weighted by atomic mass is 9.98.